The third-order valence-electron chi connectivity index (χ3n) is 7.59. The highest BCUT2D eigenvalue weighted by Crippen LogP contribution is 2.22. The minimum Gasteiger partial charge on any atom is -0.344 e. The summed E-state index contributed by atoms with van der Waals surface area (Å²) in [6.45, 7) is 7.10. The first kappa shape index (κ1) is 29.0. The number of aryl methyl sites for hydroxylation is 1. The van der Waals surface area contributed by atoms with Gasteiger partial charge in [0, 0.05) is 31.3 Å². The Morgan fingerprint density at radius 3 is 2.55 bits per heavy atom. The van der Waals surface area contributed by atoms with Gasteiger partial charge in [-0.1, -0.05) is 62.4 Å². The minimum absolute atomic E-state index is 0.00288. The SMILES string of the molecule is Cc1nc2n(n1)CCN(C(=O)Cn1ncc3ccccc31)CCCC(=O)N[C@@H](Cc1ccccc1)C(=O)N[C@@H]2C(C)C. The Labute approximate surface area is 245 Å². The van der Waals surface area contributed by atoms with Crippen molar-refractivity contribution in [3.05, 3.63) is 78.0 Å². The Bertz CT molecular complexity index is 1540. The quantitative estimate of drug-likeness (QED) is 0.380. The topological polar surface area (TPSA) is 127 Å². The van der Waals surface area contributed by atoms with Gasteiger partial charge in [0.25, 0.3) is 0 Å². The molecule has 2 aromatic heterocycles. The van der Waals surface area contributed by atoms with Crippen LogP contribution >= 0.6 is 0 Å². The second kappa shape index (κ2) is 13.0. The molecule has 42 heavy (non-hydrogen) atoms. The molecule has 2 atom stereocenters. The number of hydrogen-bond acceptors (Lipinski definition) is 6. The molecule has 0 aliphatic carbocycles. The van der Waals surface area contributed by atoms with E-state index in [0.29, 0.717) is 44.1 Å². The smallest absolute Gasteiger partial charge is 0.244 e. The predicted octanol–water partition coefficient (Wildman–Crippen LogP) is 2.80. The number of fused-ring (bicyclic) bond motifs is 2. The number of nitrogens with zero attached hydrogens (tertiary/aromatic N) is 6. The molecule has 0 fully saturated rings. The van der Waals surface area contributed by atoms with Crippen molar-refractivity contribution in [2.24, 2.45) is 5.92 Å². The van der Waals surface area contributed by atoms with E-state index < -0.39 is 12.1 Å². The maximum atomic E-state index is 13.6. The van der Waals surface area contributed by atoms with Gasteiger partial charge < -0.3 is 15.5 Å². The molecule has 11 nitrogen and oxygen atoms in total. The fourth-order valence-electron chi connectivity index (χ4n) is 5.36. The molecule has 3 amide bonds. The van der Waals surface area contributed by atoms with E-state index in [1.54, 1.807) is 20.5 Å². The number of hydrogen-bond donors (Lipinski definition) is 2. The number of para-hydroxylation sites is 1. The summed E-state index contributed by atoms with van der Waals surface area (Å²) in [7, 11) is 0. The Kier molecular flexibility index (Phi) is 8.94. The van der Waals surface area contributed by atoms with E-state index in [2.05, 4.69) is 25.8 Å². The average molecular weight is 571 g/mol. The monoisotopic (exact) mass is 570 g/mol. The fraction of sp³-hybridized carbons (Fsp3) is 0.419. The van der Waals surface area contributed by atoms with E-state index in [4.69, 9.17) is 0 Å². The molecule has 220 valence electrons. The molecule has 3 heterocycles. The maximum Gasteiger partial charge on any atom is 0.244 e. The maximum absolute atomic E-state index is 13.6. The van der Waals surface area contributed by atoms with Gasteiger partial charge in [0.2, 0.25) is 17.7 Å². The lowest BCUT2D eigenvalue weighted by atomic mass is 10.0. The third kappa shape index (κ3) is 6.84. The summed E-state index contributed by atoms with van der Waals surface area (Å²) < 4.78 is 3.50. The second-order valence-electron chi connectivity index (χ2n) is 11.1. The zero-order valence-corrected chi connectivity index (χ0v) is 24.4. The van der Waals surface area contributed by atoms with Crippen molar-refractivity contribution in [2.75, 3.05) is 13.1 Å². The molecular weight excluding hydrogens is 532 g/mol. The number of rotatable bonds is 5. The van der Waals surface area contributed by atoms with Gasteiger partial charge in [0.05, 0.1) is 24.3 Å². The van der Waals surface area contributed by atoms with Gasteiger partial charge in [-0.3, -0.25) is 19.1 Å². The van der Waals surface area contributed by atoms with Gasteiger partial charge in [0.1, 0.15) is 24.2 Å². The van der Waals surface area contributed by atoms with E-state index in [0.717, 1.165) is 16.5 Å². The van der Waals surface area contributed by atoms with Crippen LogP contribution in [0.25, 0.3) is 10.9 Å². The third-order valence-corrected chi connectivity index (χ3v) is 7.59. The molecule has 1 aliphatic heterocycles. The molecule has 0 radical (unpaired) electrons. The van der Waals surface area contributed by atoms with E-state index in [9.17, 15) is 14.4 Å². The average Bonchev–Trinajstić information content (AvgIpc) is 3.55. The van der Waals surface area contributed by atoms with Gasteiger partial charge in [0.15, 0.2) is 0 Å². The Hall–Kier alpha value is -4.54. The van der Waals surface area contributed by atoms with Crippen molar-refractivity contribution in [2.45, 2.75) is 65.2 Å². The molecule has 11 heteroatoms. The van der Waals surface area contributed by atoms with Crippen molar-refractivity contribution in [3.8, 4) is 0 Å². The van der Waals surface area contributed by atoms with Crippen LogP contribution in [-0.4, -0.2) is 66.3 Å². The van der Waals surface area contributed by atoms with Gasteiger partial charge in [-0.25, -0.2) is 9.67 Å². The number of benzene rings is 2. The zero-order chi connectivity index (χ0) is 29.6. The predicted molar refractivity (Wildman–Crippen MR) is 158 cm³/mol. The number of aromatic nitrogens is 5. The molecular formula is C31H38N8O3. The first-order valence-electron chi connectivity index (χ1n) is 14.5. The van der Waals surface area contributed by atoms with Crippen LogP contribution in [0.3, 0.4) is 0 Å². The molecule has 0 saturated heterocycles. The lowest BCUT2D eigenvalue weighted by Crippen LogP contribution is -2.50. The molecule has 5 rings (SSSR count). The Balaban J connectivity index is 1.41. The van der Waals surface area contributed by atoms with Crippen LogP contribution in [0.5, 0.6) is 0 Å². The summed E-state index contributed by atoms with van der Waals surface area (Å²) in [5.41, 5.74) is 1.84. The number of amides is 3. The highest BCUT2D eigenvalue weighted by atomic mass is 16.2. The largest absolute Gasteiger partial charge is 0.344 e. The summed E-state index contributed by atoms with van der Waals surface area (Å²) in [5, 5.41) is 16.1. The lowest BCUT2D eigenvalue weighted by Gasteiger charge is -2.28. The van der Waals surface area contributed by atoms with Gasteiger partial charge in [-0.05, 0) is 30.9 Å². The Morgan fingerprint density at radius 2 is 1.76 bits per heavy atom. The first-order valence-corrected chi connectivity index (χ1v) is 14.5. The van der Waals surface area contributed by atoms with E-state index in [1.165, 1.54) is 0 Å². The van der Waals surface area contributed by atoms with Crippen LogP contribution in [0.4, 0.5) is 0 Å². The van der Waals surface area contributed by atoms with E-state index in [1.807, 2.05) is 75.4 Å². The van der Waals surface area contributed by atoms with Crippen molar-refractivity contribution in [1.29, 1.82) is 0 Å². The number of carbonyl (C=O) groups excluding carboxylic acids is 3. The lowest BCUT2D eigenvalue weighted by molar-refractivity contribution is -0.133. The molecule has 2 N–H and O–H groups in total. The first-order chi connectivity index (χ1) is 20.3. The van der Waals surface area contributed by atoms with Crippen LogP contribution in [-0.2, 0) is 33.9 Å². The normalized spacial score (nSPS) is 18.8. The summed E-state index contributed by atoms with van der Waals surface area (Å²) >= 11 is 0. The van der Waals surface area contributed by atoms with Crippen molar-refractivity contribution in [3.63, 3.8) is 0 Å². The number of carbonyl (C=O) groups is 3. The Morgan fingerprint density at radius 1 is 1.00 bits per heavy atom. The highest BCUT2D eigenvalue weighted by Gasteiger charge is 2.30. The second-order valence-corrected chi connectivity index (χ2v) is 11.1. The molecule has 0 saturated carbocycles. The van der Waals surface area contributed by atoms with Crippen molar-refractivity contribution >= 4 is 28.6 Å². The van der Waals surface area contributed by atoms with E-state index in [-0.39, 0.29) is 36.6 Å². The van der Waals surface area contributed by atoms with Gasteiger partial charge in [-0.2, -0.15) is 10.2 Å². The summed E-state index contributed by atoms with van der Waals surface area (Å²) in [5.74, 6) is 0.632. The number of nitrogens with one attached hydrogen (secondary N) is 2. The molecule has 0 spiro atoms. The molecule has 0 unspecified atom stereocenters. The minimum atomic E-state index is -0.757. The van der Waals surface area contributed by atoms with Crippen molar-refractivity contribution in [1.82, 2.24) is 40.1 Å². The summed E-state index contributed by atoms with van der Waals surface area (Å²) in [6, 6.07) is 16.2. The molecule has 4 aromatic rings. The van der Waals surface area contributed by atoms with Gasteiger partial charge >= 0.3 is 0 Å². The van der Waals surface area contributed by atoms with Crippen LogP contribution in [0, 0.1) is 12.8 Å². The summed E-state index contributed by atoms with van der Waals surface area (Å²) in [4.78, 5) is 46.7. The zero-order valence-electron chi connectivity index (χ0n) is 24.4. The van der Waals surface area contributed by atoms with Crippen LogP contribution in [0.15, 0.2) is 60.8 Å². The molecule has 2 aromatic carbocycles. The molecule has 1 aliphatic rings. The van der Waals surface area contributed by atoms with Gasteiger partial charge in [-0.15, -0.1) is 0 Å². The summed E-state index contributed by atoms with van der Waals surface area (Å²) in [6.07, 6.45) is 2.76. The van der Waals surface area contributed by atoms with Crippen molar-refractivity contribution < 1.29 is 14.4 Å². The fourth-order valence-corrected chi connectivity index (χ4v) is 5.36. The highest BCUT2D eigenvalue weighted by molar-refractivity contribution is 5.88. The van der Waals surface area contributed by atoms with Crippen LogP contribution < -0.4 is 10.6 Å². The van der Waals surface area contributed by atoms with Crippen LogP contribution in [0.2, 0.25) is 0 Å². The molecule has 0 bridgehead atoms. The standard InChI is InChI=1S/C31H38N8O3/c1-21(2)29-30-33-22(3)36-38(30)17-16-37(28(41)20-39-26-13-8-7-12-24(26)19-32-39)15-9-14-27(40)34-25(31(42)35-29)18-23-10-5-4-6-11-23/h4-8,10-13,19,21,25,29H,9,14-18,20H2,1-3H3,(H,34,40)(H,35,42)/t25-,29+/m0/s1. The van der Waals surface area contributed by atoms with Crippen LogP contribution in [0.1, 0.15) is 49.9 Å². The van der Waals surface area contributed by atoms with E-state index >= 15 is 0 Å².